The van der Waals surface area contributed by atoms with Crippen molar-refractivity contribution < 1.29 is 38.2 Å². The van der Waals surface area contributed by atoms with E-state index in [1.807, 2.05) is 124 Å². The molecule has 2 aliphatic heterocycles. The molecule has 6 atom stereocenters. The summed E-state index contributed by atoms with van der Waals surface area (Å²) in [7, 11) is 0. The summed E-state index contributed by atoms with van der Waals surface area (Å²) in [5, 5.41) is 14.6. The van der Waals surface area contributed by atoms with Crippen LogP contribution in [0.1, 0.15) is 70.6 Å². The van der Waals surface area contributed by atoms with Gasteiger partial charge in [-0.1, -0.05) is 119 Å². The molecule has 3 aromatic carbocycles. The molecule has 5 N–H and O–H groups in total. The third-order valence-corrected chi connectivity index (χ3v) is 11.3. The SMILES string of the molecule is CC(C)C[C@H](NC(=O)[C@H](CCc1ccccc1)NC(=O)CN1CCOCC1)C(=O)N[C@@H](Cc1ccccc1)C(=O)N[C@@H](Cc1ccccc1)C(=O)N[C@@H](CC(C)C)C(=O)[C@@]1(C)CO1. The topological polar surface area (TPSA) is 188 Å². The van der Waals surface area contributed by atoms with Gasteiger partial charge in [0.2, 0.25) is 29.5 Å². The predicted octanol–water partition coefficient (Wildman–Crippen LogP) is 3.31. The summed E-state index contributed by atoms with van der Waals surface area (Å²) in [6.07, 6.45) is 1.64. The fraction of sp³-hybridized carbons (Fsp3) is 0.510. The Morgan fingerprint density at radius 1 is 0.571 bits per heavy atom. The zero-order valence-corrected chi connectivity index (χ0v) is 37.4. The summed E-state index contributed by atoms with van der Waals surface area (Å²) in [6, 6.07) is 23.0. The van der Waals surface area contributed by atoms with Crippen molar-refractivity contribution in [2.45, 2.75) is 109 Å². The normalized spacial score (nSPS) is 18.6. The monoisotopic (exact) mass is 866 g/mol. The molecule has 5 amide bonds. The Morgan fingerprint density at radius 3 is 1.46 bits per heavy atom. The molecule has 0 aliphatic carbocycles. The Kier molecular flexibility index (Phi) is 18.4. The van der Waals surface area contributed by atoms with E-state index in [1.165, 1.54) is 0 Å². The van der Waals surface area contributed by atoms with E-state index in [4.69, 9.17) is 9.47 Å². The van der Waals surface area contributed by atoms with Crippen LogP contribution < -0.4 is 26.6 Å². The highest BCUT2D eigenvalue weighted by Crippen LogP contribution is 2.29. The molecule has 14 nitrogen and oxygen atoms in total. The second-order valence-corrected chi connectivity index (χ2v) is 17.8. The van der Waals surface area contributed by atoms with E-state index in [0.29, 0.717) is 45.6 Å². The van der Waals surface area contributed by atoms with Crippen molar-refractivity contribution in [2.75, 3.05) is 39.5 Å². The lowest BCUT2D eigenvalue weighted by Gasteiger charge is -2.29. The fourth-order valence-electron chi connectivity index (χ4n) is 7.66. The van der Waals surface area contributed by atoms with Crippen molar-refractivity contribution in [1.82, 2.24) is 31.5 Å². The van der Waals surface area contributed by atoms with Gasteiger partial charge in [0.1, 0.15) is 29.8 Å². The van der Waals surface area contributed by atoms with Crippen molar-refractivity contribution in [3.8, 4) is 0 Å². The van der Waals surface area contributed by atoms with Gasteiger partial charge in [-0.2, -0.15) is 0 Å². The summed E-state index contributed by atoms with van der Waals surface area (Å²) < 4.78 is 10.9. The number of carbonyl (C=O) groups is 6. The van der Waals surface area contributed by atoms with E-state index < -0.39 is 59.4 Å². The third-order valence-electron chi connectivity index (χ3n) is 11.3. The fourth-order valence-corrected chi connectivity index (χ4v) is 7.66. The van der Waals surface area contributed by atoms with Crippen molar-refractivity contribution in [3.63, 3.8) is 0 Å². The zero-order valence-electron chi connectivity index (χ0n) is 37.4. The second-order valence-electron chi connectivity index (χ2n) is 17.8. The number of benzene rings is 3. The number of rotatable bonds is 24. The lowest BCUT2D eigenvalue weighted by Crippen LogP contribution is -2.60. The molecule has 340 valence electrons. The predicted molar refractivity (Wildman–Crippen MR) is 240 cm³/mol. The summed E-state index contributed by atoms with van der Waals surface area (Å²) in [5.74, 6) is -2.73. The zero-order chi connectivity index (χ0) is 45.4. The Bertz CT molecular complexity index is 1950. The third kappa shape index (κ3) is 16.0. The lowest BCUT2D eigenvalue weighted by molar-refractivity contribution is -0.135. The van der Waals surface area contributed by atoms with Crippen LogP contribution in [0.5, 0.6) is 0 Å². The van der Waals surface area contributed by atoms with E-state index in [2.05, 4.69) is 26.6 Å². The number of hydrogen-bond acceptors (Lipinski definition) is 9. The van der Waals surface area contributed by atoms with E-state index >= 15 is 0 Å². The van der Waals surface area contributed by atoms with Gasteiger partial charge >= 0.3 is 0 Å². The van der Waals surface area contributed by atoms with Crippen LogP contribution in [0, 0.1) is 11.8 Å². The highest BCUT2D eigenvalue weighted by molar-refractivity contribution is 5.99. The van der Waals surface area contributed by atoms with Gasteiger partial charge in [0, 0.05) is 25.9 Å². The van der Waals surface area contributed by atoms with E-state index in [-0.39, 0.29) is 55.9 Å². The first kappa shape index (κ1) is 48.6. The Morgan fingerprint density at radius 2 is 0.984 bits per heavy atom. The van der Waals surface area contributed by atoms with Crippen molar-refractivity contribution in [3.05, 3.63) is 108 Å². The number of Topliss-reactive ketones (excluding diaryl/α,β-unsaturated/α-hetero) is 1. The van der Waals surface area contributed by atoms with Gasteiger partial charge in [-0.15, -0.1) is 0 Å². The smallest absolute Gasteiger partial charge is 0.243 e. The largest absolute Gasteiger partial charge is 0.379 e. The molecule has 0 unspecified atom stereocenters. The summed E-state index contributed by atoms with van der Waals surface area (Å²) in [5.41, 5.74) is 1.57. The van der Waals surface area contributed by atoms with Gasteiger partial charge in [-0.25, -0.2) is 0 Å². The van der Waals surface area contributed by atoms with E-state index in [9.17, 15) is 28.8 Å². The summed E-state index contributed by atoms with van der Waals surface area (Å²) in [6.45, 7) is 12.1. The number of ether oxygens (including phenoxy) is 2. The average Bonchev–Trinajstić information content (AvgIpc) is 4.02. The molecule has 2 fully saturated rings. The molecular formula is C49H66N6O8. The number of ketones is 1. The molecule has 63 heavy (non-hydrogen) atoms. The van der Waals surface area contributed by atoms with Crippen LogP contribution in [0.2, 0.25) is 0 Å². The molecule has 0 aromatic heterocycles. The van der Waals surface area contributed by atoms with Crippen LogP contribution in [0.4, 0.5) is 0 Å². The summed E-state index contributed by atoms with van der Waals surface area (Å²) in [4.78, 5) is 86.0. The average molecular weight is 867 g/mol. The van der Waals surface area contributed by atoms with Gasteiger partial charge in [-0.05, 0) is 61.1 Å². The Balaban J connectivity index is 1.36. The van der Waals surface area contributed by atoms with Gasteiger partial charge < -0.3 is 36.1 Å². The van der Waals surface area contributed by atoms with Gasteiger partial charge in [0.05, 0.1) is 32.4 Å². The number of aryl methyl sites for hydroxylation is 1. The minimum absolute atomic E-state index is 0.0372. The molecule has 5 rings (SSSR count). The number of morpholine rings is 1. The van der Waals surface area contributed by atoms with Crippen LogP contribution in [0.15, 0.2) is 91.0 Å². The van der Waals surface area contributed by atoms with Gasteiger partial charge in [0.15, 0.2) is 5.78 Å². The minimum atomic E-state index is -1.16. The highest BCUT2D eigenvalue weighted by atomic mass is 16.6. The molecule has 0 radical (unpaired) electrons. The number of epoxide rings is 1. The van der Waals surface area contributed by atoms with Crippen molar-refractivity contribution >= 4 is 35.3 Å². The molecule has 0 saturated carbocycles. The number of hydrogen-bond donors (Lipinski definition) is 5. The van der Waals surface area contributed by atoms with Crippen molar-refractivity contribution in [2.24, 2.45) is 11.8 Å². The van der Waals surface area contributed by atoms with Crippen molar-refractivity contribution in [1.29, 1.82) is 0 Å². The highest BCUT2D eigenvalue weighted by Gasteiger charge is 2.50. The molecular weight excluding hydrogens is 801 g/mol. The molecule has 3 aromatic rings. The number of nitrogens with one attached hydrogen (secondary N) is 5. The Hall–Kier alpha value is -5.44. The summed E-state index contributed by atoms with van der Waals surface area (Å²) >= 11 is 0. The maximum absolute atomic E-state index is 14.5. The quantitative estimate of drug-likeness (QED) is 0.0843. The second kappa shape index (κ2) is 23.9. The molecule has 14 heteroatoms. The van der Waals surface area contributed by atoms with Crippen LogP contribution in [-0.2, 0) is 57.5 Å². The number of amides is 5. The molecule has 2 saturated heterocycles. The molecule has 0 bridgehead atoms. The molecule has 2 heterocycles. The van der Waals surface area contributed by atoms with Gasteiger partial charge in [-0.3, -0.25) is 33.7 Å². The first-order valence-corrected chi connectivity index (χ1v) is 22.3. The number of carbonyl (C=O) groups excluding carboxylic acids is 6. The first-order valence-electron chi connectivity index (χ1n) is 22.3. The van der Waals surface area contributed by atoms with E-state index in [0.717, 1.165) is 16.7 Å². The number of nitrogens with zero attached hydrogens (tertiary/aromatic N) is 1. The maximum atomic E-state index is 14.5. The van der Waals surface area contributed by atoms with Gasteiger partial charge in [0.25, 0.3) is 0 Å². The van der Waals surface area contributed by atoms with Crippen LogP contribution in [-0.4, -0.2) is 115 Å². The molecule has 0 spiro atoms. The first-order chi connectivity index (χ1) is 30.2. The van der Waals surface area contributed by atoms with Crippen LogP contribution in [0.25, 0.3) is 0 Å². The lowest BCUT2D eigenvalue weighted by atomic mass is 9.93. The Labute approximate surface area is 372 Å². The van der Waals surface area contributed by atoms with Crippen LogP contribution >= 0.6 is 0 Å². The standard InChI is InChI=1S/C49H66N6O8/c1-33(2)27-39(44(57)49(5)32-63-49)51-47(60)41(29-36-17-11-7-12-18-36)54-48(61)42(30-37-19-13-8-14-20-37)53-46(59)40(28-34(3)4)52-45(58)38(22-21-35-15-9-6-10-16-35)50-43(56)31-55-23-25-62-26-24-55/h6-20,33-34,38-42H,21-32H2,1-5H3,(H,50,56)(H,51,60)(H,52,58)(H,53,59)(H,54,61)/t38-,39-,40-,41-,42-,49+/m0/s1. The molecule has 2 aliphatic rings. The van der Waals surface area contributed by atoms with Crippen LogP contribution in [0.3, 0.4) is 0 Å². The van der Waals surface area contributed by atoms with E-state index in [1.54, 1.807) is 6.92 Å². The maximum Gasteiger partial charge on any atom is 0.243 e. The minimum Gasteiger partial charge on any atom is -0.379 e.